The first-order chi connectivity index (χ1) is 13.6. The van der Waals surface area contributed by atoms with E-state index in [0.29, 0.717) is 6.54 Å². The quantitative estimate of drug-likeness (QED) is 0.353. The molecule has 8 nitrogen and oxygen atoms in total. The van der Waals surface area contributed by atoms with Gasteiger partial charge in [0.25, 0.3) is 0 Å². The number of guanidine groups is 1. The molecule has 1 aromatic rings. The number of hydrogen-bond acceptors (Lipinski definition) is 5. The summed E-state index contributed by atoms with van der Waals surface area (Å²) in [5.74, 6) is 1.97. The van der Waals surface area contributed by atoms with Crippen LogP contribution in [-0.2, 0) is 17.8 Å². The van der Waals surface area contributed by atoms with Crippen LogP contribution in [0.2, 0.25) is 0 Å². The summed E-state index contributed by atoms with van der Waals surface area (Å²) in [6.07, 6.45) is 3.14. The van der Waals surface area contributed by atoms with Gasteiger partial charge in [0, 0.05) is 51.9 Å². The third kappa shape index (κ3) is 6.31. The normalized spacial score (nSPS) is 19.2. The summed E-state index contributed by atoms with van der Waals surface area (Å²) in [6, 6.07) is 1.93. The van der Waals surface area contributed by atoms with E-state index in [9.17, 15) is 4.79 Å². The zero-order chi connectivity index (χ0) is 19.9. The van der Waals surface area contributed by atoms with E-state index < -0.39 is 0 Å². The lowest BCUT2D eigenvalue weighted by Gasteiger charge is -2.39. The SMILES string of the molecule is CCNC(=NCc1cc(CC)no1)N1CCN(C(C)C(=O)N2CCCC2)CC1.I. The molecule has 1 unspecified atom stereocenters. The van der Waals surface area contributed by atoms with Crippen LogP contribution in [0.3, 0.4) is 0 Å². The van der Waals surface area contributed by atoms with Crippen molar-refractivity contribution in [1.82, 2.24) is 25.2 Å². The molecule has 1 atom stereocenters. The first-order valence-electron chi connectivity index (χ1n) is 10.6. The molecule has 1 amide bonds. The van der Waals surface area contributed by atoms with Crippen LogP contribution in [0.25, 0.3) is 0 Å². The van der Waals surface area contributed by atoms with Crippen LogP contribution in [0, 0.1) is 0 Å². The van der Waals surface area contributed by atoms with E-state index in [1.165, 1.54) is 0 Å². The average molecular weight is 518 g/mol. The fraction of sp³-hybridized carbons (Fsp3) is 0.750. The average Bonchev–Trinajstić information content (AvgIpc) is 3.42. The van der Waals surface area contributed by atoms with E-state index in [4.69, 9.17) is 9.52 Å². The molecule has 0 spiro atoms. The number of halogens is 1. The largest absolute Gasteiger partial charge is 0.359 e. The Bertz CT molecular complexity index is 666. The van der Waals surface area contributed by atoms with Gasteiger partial charge in [0.05, 0.1) is 11.7 Å². The molecule has 1 N–H and O–H groups in total. The summed E-state index contributed by atoms with van der Waals surface area (Å²) in [6.45, 7) is 12.8. The van der Waals surface area contributed by atoms with Gasteiger partial charge in [-0.2, -0.15) is 0 Å². The van der Waals surface area contributed by atoms with Crippen LogP contribution in [0.4, 0.5) is 0 Å². The van der Waals surface area contributed by atoms with Gasteiger partial charge in [0.1, 0.15) is 6.54 Å². The van der Waals surface area contributed by atoms with Crippen molar-refractivity contribution in [2.75, 3.05) is 45.8 Å². The van der Waals surface area contributed by atoms with Crippen molar-refractivity contribution in [1.29, 1.82) is 0 Å². The number of nitrogens with zero attached hydrogens (tertiary/aromatic N) is 5. The molecular weight excluding hydrogens is 483 g/mol. The van der Waals surface area contributed by atoms with Gasteiger partial charge in [-0.3, -0.25) is 9.69 Å². The van der Waals surface area contributed by atoms with Gasteiger partial charge >= 0.3 is 0 Å². The van der Waals surface area contributed by atoms with Crippen molar-refractivity contribution in [3.05, 3.63) is 17.5 Å². The van der Waals surface area contributed by atoms with E-state index in [-0.39, 0.29) is 35.9 Å². The number of likely N-dealkylation sites (tertiary alicyclic amines) is 1. The summed E-state index contributed by atoms with van der Waals surface area (Å²) >= 11 is 0. The van der Waals surface area contributed by atoms with Crippen molar-refractivity contribution in [3.8, 4) is 0 Å². The number of carbonyl (C=O) groups is 1. The zero-order valence-electron chi connectivity index (χ0n) is 17.9. The molecule has 29 heavy (non-hydrogen) atoms. The third-order valence-corrected chi connectivity index (χ3v) is 5.63. The number of aromatic nitrogens is 1. The van der Waals surface area contributed by atoms with Crippen molar-refractivity contribution in [2.45, 2.75) is 52.6 Å². The van der Waals surface area contributed by atoms with Gasteiger partial charge in [-0.15, -0.1) is 24.0 Å². The molecule has 3 rings (SSSR count). The topological polar surface area (TPSA) is 77.2 Å². The Balaban J connectivity index is 0.00000300. The zero-order valence-corrected chi connectivity index (χ0v) is 20.2. The molecule has 0 saturated carbocycles. The molecule has 2 saturated heterocycles. The van der Waals surface area contributed by atoms with Gasteiger partial charge in [0.2, 0.25) is 5.91 Å². The number of aryl methyl sites for hydroxylation is 1. The number of aliphatic imine (C=N–C) groups is 1. The van der Waals surface area contributed by atoms with Crippen molar-refractivity contribution in [3.63, 3.8) is 0 Å². The molecule has 1 aromatic heterocycles. The van der Waals surface area contributed by atoms with Crippen molar-refractivity contribution >= 4 is 35.8 Å². The Morgan fingerprint density at radius 2 is 1.86 bits per heavy atom. The van der Waals surface area contributed by atoms with E-state index in [0.717, 1.165) is 82.5 Å². The monoisotopic (exact) mass is 518 g/mol. The Hall–Kier alpha value is -1.36. The lowest BCUT2D eigenvalue weighted by molar-refractivity contribution is -0.135. The fourth-order valence-electron chi connectivity index (χ4n) is 3.85. The molecule has 0 aliphatic carbocycles. The van der Waals surface area contributed by atoms with Crippen LogP contribution >= 0.6 is 24.0 Å². The van der Waals surface area contributed by atoms with E-state index >= 15 is 0 Å². The number of nitrogens with one attached hydrogen (secondary N) is 1. The first-order valence-corrected chi connectivity index (χ1v) is 10.6. The number of piperazine rings is 1. The maximum atomic E-state index is 12.7. The molecule has 2 aliphatic heterocycles. The van der Waals surface area contributed by atoms with Gasteiger partial charge in [-0.25, -0.2) is 4.99 Å². The minimum atomic E-state index is -0.0403. The molecular formula is C20H35IN6O2. The Kier molecular flexibility index (Phi) is 9.67. The fourth-order valence-corrected chi connectivity index (χ4v) is 3.85. The van der Waals surface area contributed by atoms with Crippen LogP contribution in [0.1, 0.15) is 45.1 Å². The molecule has 9 heteroatoms. The Morgan fingerprint density at radius 1 is 1.17 bits per heavy atom. The molecule has 0 bridgehead atoms. The van der Waals surface area contributed by atoms with E-state index in [2.05, 4.69) is 34.1 Å². The third-order valence-electron chi connectivity index (χ3n) is 5.63. The minimum Gasteiger partial charge on any atom is -0.359 e. The highest BCUT2D eigenvalue weighted by Crippen LogP contribution is 2.14. The predicted molar refractivity (Wildman–Crippen MR) is 125 cm³/mol. The summed E-state index contributed by atoms with van der Waals surface area (Å²) < 4.78 is 5.34. The Labute approximate surface area is 191 Å². The maximum absolute atomic E-state index is 12.7. The summed E-state index contributed by atoms with van der Waals surface area (Å²) in [7, 11) is 0. The molecule has 0 aromatic carbocycles. The van der Waals surface area contributed by atoms with Crippen LogP contribution in [0.5, 0.6) is 0 Å². The molecule has 2 fully saturated rings. The molecule has 164 valence electrons. The van der Waals surface area contributed by atoms with Gasteiger partial charge in [-0.1, -0.05) is 12.1 Å². The number of amides is 1. The van der Waals surface area contributed by atoms with Crippen LogP contribution < -0.4 is 5.32 Å². The van der Waals surface area contributed by atoms with Gasteiger partial charge < -0.3 is 19.6 Å². The standard InChI is InChI=1S/C20H34N6O2.HI/c1-4-17-14-18(28-23-17)15-22-20(21-5-2)26-12-10-24(11-13-26)16(3)19(27)25-8-6-7-9-25;/h14,16H,4-13,15H2,1-3H3,(H,21,22);1H. The van der Waals surface area contributed by atoms with Crippen LogP contribution in [-0.4, -0.2) is 83.6 Å². The molecule has 0 radical (unpaired) electrons. The smallest absolute Gasteiger partial charge is 0.239 e. The highest BCUT2D eigenvalue weighted by atomic mass is 127. The minimum absolute atomic E-state index is 0. The highest BCUT2D eigenvalue weighted by molar-refractivity contribution is 14.0. The summed E-state index contributed by atoms with van der Waals surface area (Å²) in [5, 5.41) is 7.40. The first kappa shape index (κ1) is 23.9. The molecule has 3 heterocycles. The predicted octanol–water partition coefficient (Wildman–Crippen LogP) is 1.95. The summed E-state index contributed by atoms with van der Waals surface area (Å²) in [5.41, 5.74) is 0.959. The Morgan fingerprint density at radius 3 is 2.45 bits per heavy atom. The van der Waals surface area contributed by atoms with Crippen molar-refractivity contribution < 1.29 is 9.32 Å². The number of rotatable bonds is 6. The van der Waals surface area contributed by atoms with Crippen molar-refractivity contribution in [2.24, 2.45) is 4.99 Å². The van der Waals surface area contributed by atoms with Crippen LogP contribution in [0.15, 0.2) is 15.6 Å². The summed E-state index contributed by atoms with van der Waals surface area (Å²) in [4.78, 5) is 24.0. The van der Waals surface area contributed by atoms with E-state index in [1.807, 2.05) is 17.9 Å². The van der Waals surface area contributed by atoms with E-state index in [1.54, 1.807) is 0 Å². The number of hydrogen-bond donors (Lipinski definition) is 1. The maximum Gasteiger partial charge on any atom is 0.239 e. The molecule has 2 aliphatic rings. The number of carbonyl (C=O) groups excluding carboxylic acids is 1. The second-order valence-electron chi connectivity index (χ2n) is 7.54. The lowest BCUT2D eigenvalue weighted by atomic mass is 10.2. The van der Waals surface area contributed by atoms with Gasteiger partial charge in [-0.05, 0) is 33.1 Å². The second-order valence-corrected chi connectivity index (χ2v) is 7.54. The second kappa shape index (κ2) is 11.7. The highest BCUT2D eigenvalue weighted by Gasteiger charge is 2.30. The lowest BCUT2D eigenvalue weighted by Crippen LogP contribution is -2.57. The van der Waals surface area contributed by atoms with Gasteiger partial charge in [0.15, 0.2) is 11.7 Å².